The summed E-state index contributed by atoms with van der Waals surface area (Å²) in [6.45, 7) is 13.1. The maximum Gasteiger partial charge on any atom is 0.163 e. The second-order valence-corrected chi connectivity index (χ2v) is 6.13. The number of ketones is 1. The number of ether oxygens (including phenoxy) is 3. The van der Waals surface area contributed by atoms with Gasteiger partial charge in [0.15, 0.2) is 5.78 Å². The average molecular weight is 274 g/mol. The molecular formula is C15H30O4. The van der Waals surface area contributed by atoms with E-state index in [1.165, 1.54) is 0 Å². The van der Waals surface area contributed by atoms with Gasteiger partial charge in [-0.25, -0.2) is 0 Å². The summed E-state index contributed by atoms with van der Waals surface area (Å²) in [7, 11) is 0. The fraction of sp³-hybridized carbons (Fsp3) is 0.933. The van der Waals surface area contributed by atoms with Crippen LogP contribution in [-0.4, -0.2) is 45.4 Å². The van der Waals surface area contributed by atoms with Gasteiger partial charge in [0.05, 0.1) is 26.4 Å². The molecular weight excluding hydrogens is 244 g/mol. The summed E-state index contributed by atoms with van der Waals surface area (Å²) >= 11 is 0. The highest BCUT2D eigenvalue weighted by Gasteiger charge is 2.20. The van der Waals surface area contributed by atoms with Crippen molar-refractivity contribution in [2.75, 3.05) is 39.6 Å². The molecule has 0 spiro atoms. The van der Waals surface area contributed by atoms with Gasteiger partial charge in [0, 0.05) is 12.0 Å². The van der Waals surface area contributed by atoms with Gasteiger partial charge in [0.25, 0.3) is 0 Å². The second kappa shape index (κ2) is 10.4. The van der Waals surface area contributed by atoms with Crippen molar-refractivity contribution in [3.63, 3.8) is 0 Å². The highest BCUT2D eigenvalue weighted by atomic mass is 16.5. The molecule has 0 heterocycles. The zero-order valence-corrected chi connectivity index (χ0v) is 13.2. The average Bonchev–Trinajstić information content (AvgIpc) is 2.29. The van der Waals surface area contributed by atoms with Gasteiger partial charge in [-0.1, -0.05) is 34.6 Å². The van der Waals surface area contributed by atoms with E-state index in [0.717, 1.165) is 13.0 Å². The van der Waals surface area contributed by atoms with E-state index >= 15 is 0 Å². The Balaban J connectivity index is 3.22. The third-order valence-corrected chi connectivity index (χ3v) is 2.65. The van der Waals surface area contributed by atoms with Crippen molar-refractivity contribution >= 4 is 5.78 Å². The van der Waals surface area contributed by atoms with Crippen LogP contribution in [0.15, 0.2) is 0 Å². The normalized spacial score (nSPS) is 12.1. The summed E-state index contributed by atoms with van der Waals surface area (Å²) < 4.78 is 16.0. The van der Waals surface area contributed by atoms with Crippen LogP contribution in [0.3, 0.4) is 0 Å². The first-order valence-electron chi connectivity index (χ1n) is 7.10. The molecule has 0 aliphatic heterocycles. The van der Waals surface area contributed by atoms with Gasteiger partial charge >= 0.3 is 0 Å². The summed E-state index contributed by atoms with van der Waals surface area (Å²) in [5.74, 6) is 0.791. The van der Waals surface area contributed by atoms with Crippen molar-refractivity contribution < 1.29 is 19.0 Å². The van der Waals surface area contributed by atoms with Gasteiger partial charge in [-0.05, 0) is 12.3 Å². The smallest absolute Gasteiger partial charge is 0.163 e. The maximum atomic E-state index is 11.5. The molecule has 19 heavy (non-hydrogen) atoms. The lowest BCUT2D eigenvalue weighted by Gasteiger charge is -2.16. The van der Waals surface area contributed by atoms with Crippen LogP contribution in [0.1, 0.15) is 41.0 Å². The molecule has 4 heteroatoms. The first-order chi connectivity index (χ1) is 8.84. The van der Waals surface area contributed by atoms with Crippen molar-refractivity contribution in [2.24, 2.45) is 11.3 Å². The Morgan fingerprint density at radius 1 is 0.895 bits per heavy atom. The minimum Gasteiger partial charge on any atom is -0.379 e. The molecule has 0 aromatic carbocycles. The van der Waals surface area contributed by atoms with Crippen LogP contribution < -0.4 is 0 Å². The number of hydrogen-bond donors (Lipinski definition) is 0. The molecule has 0 aromatic rings. The fourth-order valence-corrected chi connectivity index (χ4v) is 1.14. The highest BCUT2D eigenvalue weighted by molar-refractivity contribution is 5.84. The molecule has 4 nitrogen and oxygen atoms in total. The Bertz CT molecular complexity index is 231. The SMILES string of the molecule is CC(C)CCOCCOCCOCC(=O)C(C)(C)C. The summed E-state index contributed by atoms with van der Waals surface area (Å²) in [6, 6.07) is 0. The Labute approximate surface area is 117 Å². The lowest BCUT2D eigenvalue weighted by atomic mass is 9.91. The van der Waals surface area contributed by atoms with E-state index in [2.05, 4.69) is 13.8 Å². The van der Waals surface area contributed by atoms with Gasteiger partial charge in [0.2, 0.25) is 0 Å². The van der Waals surface area contributed by atoms with E-state index < -0.39 is 0 Å². The first kappa shape index (κ1) is 18.6. The van der Waals surface area contributed by atoms with E-state index in [0.29, 0.717) is 32.3 Å². The van der Waals surface area contributed by atoms with Gasteiger partial charge in [-0.2, -0.15) is 0 Å². The molecule has 0 bridgehead atoms. The molecule has 0 aromatic heterocycles. The number of hydrogen-bond acceptors (Lipinski definition) is 4. The number of rotatable bonds is 11. The van der Waals surface area contributed by atoms with Crippen LogP contribution in [0, 0.1) is 11.3 Å². The Morgan fingerprint density at radius 3 is 1.84 bits per heavy atom. The van der Waals surface area contributed by atoms with Gasteiger partial charge in [-0.15, -0.1) is 0 Å². The van der Waals surface area contributed by atoms with Crippen LogP contribution >= 0.6 is 0 Å². The molecule has 114 valence electrons. The molecule has 0 fully saturated rings. The van der Waals surface area contributed by atoms with Crippen LogP contribution in [0.4, 0.5) is 0 Å². The number of Topliss-reactive ketones (excluding diaryl/α,β-unsaturated/α-hetero) is 1. The van der Waals surface area contributed by atoms with E-state index in [1.807, 2.05) is 20.8 Å². The zero-order valence-electron chi connectivity index (χ0n) is 13.2. The van der Waals surface area contributed by atoms with E-state index in [-0.39, 0.29) is 17.8 Å². The minimum absolute atomic E-state index is 0.115. The van der Waals surface area contributed by atoms with Gasteiger partial charge < -0.3 is 14.2 Å². The summed E-state index contributed by atoms with van der Waals surface area (Å²) in [6.07, 6.45) is 1.08. The van der Waals surface area contributed by atoms with Crippen molar-refractivity contribution in [1.82, 2.24) is 0 Å². The second-order valence-electron chi connectivity index (χ2n) is 6.13. The maximum absolute atomic E-state index is 11.5. The van der Waals surface area contributed by atoms with Crippen molar-refractivity contribution in [3.8, 4) is 0 Å². The molecule has 0 unspecified atom stereocenters. The Hall–Kier alpha value is -0.450. The fourth-order valence-electron chi connectivity index (χ4n) is 1.14. The standard InChI is InChI=1S/C15H30O4/c1-13(2)6-7-17-8-9-18-10-11-19-12-14(16)15(3,4)5/h13H,6-12H2,1-5H3. The van der Waals surface area contributed by atoms with Crippen LogP contribution in [-0.2, 0) is 19.0 Å². The topological polar surface area (TPSA) is 44.8 Å². The molecule has 0 N–H and O–H groups in total. The lowest BCUT2D eigenvalue weighted by Crippen LogP contribution is -2.25. The largest absolute Gasteiger partial charge is 0.379 e. The molecule has 0 amide bonds. The van der Waals surface area contributed by atoms with Gasteiger partial charge in [-0.3, -0.25) is 4.79 Å². The van der Waals surface area contributed by atoms with Crippen LogP contribution in [0.5, 0.6) is 0 Å². The van der Waals surface area contributed by atoms with Gasteiger partial charge in [0.1, 0.15) is 6.61 Å². The third kappa shape index (κ3) is 12.3. The molecule has 0 saturated heterocycles. The monoisotopic (exact) mass is 274 g/mol. The summed E-state index contributed by atoms with van der Waals surface area (Å²) in [5, 5.41) is 0. The van der Waals surface area contributed by atoms with Crippen molar-refractivity contribution in [2.45, 2.75) is 41.0 Å². The third-order valence-electron chi connectivity index (χ3n) is 2.65. The van der Waals surface area contributed by atoms with E-state index in [9.17, 15) is 4.79 Å². The molecule has 0 rings (SSSR count). The predicted molar refractivity (Wildman–Crippen MR) is 76.4 cm³/mol. The number of carbonyl (C=O) groups excluding carboxylic acids is 1. The molecule has 0 saturated carbocycles. The van der Waals surface area contributed by atoms with E-state index in [1.54, 1.807) is 0 Å². The Kier molecular flexibility index (Phi) is 10.1. The van der Waals surface area contributed by atoms with E-state index in [4.69, 9.17) is 14.2 Å². The molecule has 0 aliphatic rings. The lowest BCUT2D eigenvalue weighted by molar-refractivity contribution is -0.131. The minimum atomic E-state index is -0.328. The Morgan fingerprint density at radius 2 is 1.37 bits per heavy atom. The summed E-state index contributed by atoms with van der Waals surface area (Å²) in [4.78, 5) is 11.5. The van der Waals surface area contributed by atoms with Crippen molar-refractivity contribution in [3.05, 3.63) is 0 Å². The molecule has 0 aliphatic carbocycles. The zero-order chi connectivity index (χ0) is 14.7. The summed E-state index contributed by atoms with van der Waals surface area (Å²) in [5.41, 5.74) is -0.328. The predicted octanol–water partition coefficient (Wildman–Crippen LogP) is 2.70. The highest BCUT2D eigenvalue weighted by Crippen LogP contribution is 2.14. The molecule has 0 radical (unpaired) electrons. The first-order valence-corrected chi connectivity index (χ1v) is 7.10. The van der Waals surface area contributed by atoms with Crippen LogP contribution in [0.2, 0.25) is 0 Å². The quantitative estimate of drug-likeness (QED) is 0.543. The van der Waals surface area contributed by atoms with Crippen LogP contribution in [0.25, 0.3) is 0 Å². The molecule has 0 atom stereocenters. The number of carbonyl (C=O) groups is 1. The van der Waals surface area contributed by atoms with Crippen molar-refractivity contribution in [1.29, 1.82) is 0 Å².